The molecule has 0 aromatic carbocycles. The number of carbonyl (C=O) groups excluding carboxylic acids is 1. The Bertz CT molecular complexity index is 429. The molecule has 0 radical (unpaired) electrons. The smallest absolute Gasteiger partial charge is 0.321 e. The van der Waals surface area contributed by atoms with Crippen LogP contribution < -0.4 is 5.32 Å². The lowest BCUT2D eigenvalue weighted by Gasteiger charge is -2.25. The number of alkyl halides is 2. The highest BCUT2D eigenvalue weighted by atomic mass is 79.9. The first-order valence-corrected chi connectivity index (χ1v) is 6.94. The van der Waals surface area contributed by atoms with E-state index in [1.807, 2.05) is 6.92 Å². The normalized spacial score (nSPS) is 11.2. The summed E-state index contributed by atoms with van der Waals surface area (Å²) in [6, 6.07) is 2.64. The Labute approximate surface area is 115 Å². The fraction of sp³-hybridized carbons (Fsp3) is 0.444. The number of nitro groups is 1. The molecule has 0 aliphatic heterocycles. The van der Waals surface area contributed by atoms with Gasteiger partial charge in [0.05, 0.1) is 5.54 Å². The minimum Gasteiger partial charge on any atom is -0.358 e. The third-order valence-electron chi connectivity index (χ3n) is 2.12. The highest BCUT2D eigenvalue weighted by Gasteiger charge is 2.26. The van der Waals surface area contributed by atoms with E-state index in [1.165, 1.54) is 12.1 Å². The van der Waals surface area contributed by atoms with E-state index in [2.05, 4.69) is 42.2 Å². The number of hydrogen-bond acceptors (Lipinski definition) is 3. The summed E-state index contributed by atoms with van der Waals surface area (Å²) in [7, 11) is 0. The van der Waals surface area contributed by atoms with Gasteiger partial charge in [0.25, 0.3) is 5.91 Å². The van der Waals surface area contributed by atoms with Crippen LogP contribution >= 0.6 is 31.9 Å². The Morgan fingerprint density at radius 3 is 2.53 bits per heavy atom. The standard InChI is InChI=1S/C9H11Br2N3O3/c1-9(4-10,5-11)13-8(15)6-2-3-7(12-6)14(16)17/h2-3,12H,4-5H2,1H3,(H,13,15). The second-order valence-corrected chi connectivity index (χ2v) is 4.92. The zero-order chi connectivity index (χ0) is 13.1. The van der Waals surface area contributed by atoms with Crippen LogP contribution in [0.15, 0.2) is 12.1 Å². The molecule has 6 nitrogen and oxygen atoms in total. The molecule has 0 saturated heterocycles. The Morgan fingerprint density at radius 1 is 1.53 bits per heavy atom. The van der Waals surface area contributed by atoms with Crippen LogP contribution in [0.25, 0.3) is 0 Å². The molecule has 1 rings (SSSR count). The Balaban J connectivity index is 2.79. The zero-order valence-corrected chi connectivity index (χ0v) is 12.2. The third kappa shape index (κ3) is 3.53. The van der Waals surface area contributed by atoms with Crippen molar-refractivity contribution in [2.45, 2.75) is 12.5 Å². The van der Waals surface area contributed by atoms with E-state index < -0.39 is 10.5 Å². The number of rotatable bonds is 5. The summed E-state index contributed by atoms with van der Waals surface area (Å²) < 4.78 is 0. The van der Waals surface area contributed by atoms with Crippen molar-refractivity contribution in [3.63, 3.8) is 0 Å². The van der Waals surface area contributed by atoms with Gasteiger partial charge in [0.2, 0.25) is 0 Å². The van der Waals surface area contributed by atoms with Crippen LogP contribution in [0.5, 0.6) is 0 Å². The Kier molecular flexibility index (Phi) is 4.70. The fourth-order valence-corrected chi connectivity index (χ4v) is 2.28. The maximum Gasteiger partial charge on any atom is 0.321 e. The number of carbonyl (C=O) groups is 1. The van der Waals surface area contributed by atoms with Crippen molar-refractivity contribution in [1.29, 1.82) is 0 Å². The second-order valence-electron chi connectivity index (χ2n) is 3.80. The van der Waals surface area contributed by atoms with Crippen molar-refractivity contribution >= 4 is 43.6 Å². The van der Waals surface area contributed by atoms with Gasteiger partial charge in [0, 0.05) is 16.7 Å². The summed E-state index contributed by atoms with van der Waals surface area (Å²) in [5, 5.41) is 14.4. The summed E-state index contributed by atoms with van der Waals surface area (Å²) in [5.74, 6) is -0.575. The average Bonchev–Trinajstić information content (AvgIpc) is 2.78. The summed E-state index contributed by atoms with van der Waals surface area (Å²) in [4.78, 5) is 24.1. The molecule has 0 aliphatic carbocycles. The molecule has 1 aromatic rings. The molecule has 94 valence electrons. The zero-order valence-electron chi connectivity index (χ0n) is 9.00. The predicted molar refractivity (Wildman–Crippen MR) is 70.9 cm³/mol. The van der Waals surface area contributed by atoms with E-state index in [0.717, 1.165) is 0 Å². The van der Waals surface area contributed by atoms with Gasteiger partial charge in [-0.2, -0.15) is 0 Å². The minimum atomic E-state index is -0.578. The number of aromatic amines is 1. The van der Waals surface area contributed by atoms with E-state index >= 15 is 0 Å². The first-order valence-electron chi connectivity index (χ1n) is 4.70. The molecular formula is C9H11Br2N3O3. The Hall–Kier alpha value is -0.890. The van der Waals surface area contributed by atoms with Crippen LogP contribution in [-0.4, -0.2) is 32.0 Å². The molecule has 17 heavy (non-hydrogen) atoms. The van der Waals surface area contributed by atoms with Gasteiger partial charge < -0.3 is 15.4 Å². The van der Waals surface area contributed by atoms with Gasteiger partial charge in [0.15, 0.2) is 5.69 Å². The Morgan fingerprint density at radius 2 is 2.12 bits per heavy atom. The van der Waals surface area contributed by atoms with Crippen molar-refractivity contribution in [2.75, 3.05) is 10.7 Å². The van der Waals surface area contributed by atoms with E-state index in [9.17, 15) is 14.9 Å². The molecule has 0 bridgehead atoms. The summed E-state index contributed by atoms with van der Waals surface area (Å²) >= 11 is 6.60. The number of nitrogens with zero attached hydrogens (tertiary/aromatic N) is 1. The van der Waals surface area contributed by atoms with E-state index in [0.29, 0.717) is 10.7 Å². The van der Waals surface area contributed by atoms with E-state index in [1.54, 1.807) is 0 Å². The average molecular weight is 369 g/mol. The molecule has 0 aliphatic rings. The molecule has 0 fully saturated rings. The molecule has 0 saturated carbocycles. The minimum absolute atomic E-state index is 0.171. The summed E-state index contributed by atoms with van der Waals surface area (Å²) in [6.45, 7) is 1.85. The number of H-pyrrole nitrogens is 1. The highest BCUT2D eigenvalue weighted by Crippen LogP contribution is 2.14. The number of nitrogens with one attached hydrogen (secondary N) is 2. The second kappa shape index (κ2) is 5.63. The van der Waals surface area contributed by atoms with E-state index in [-0.39, 0.29) is 17.4 Å². The van der Waals surface area contributed by atoms with Crippen molar-refractivity contribution in [2.24, 2.45) is 0 Å². The quantitative estimate of drug-likeness (QED) is 0.474. The van der Waals surface area contributed by atoms with Gasteiger partial charge in [-0.15, -0.1) is 0 Å². The molecule has 1 heterocycles. The van der Waals surface area contributed by atoms with E-state index in [4.69, 9.17) is 0 Å². The molecule has 2 N–H and O–H groups in total. The lowest BCUT2D eigenvalue weighted by atomic mass is 10.1. The van der Waals surface area contributed by atoms with Crippen molar-refractivity contribution in [3.05, 3.63) is 27.9 Å². The van der Waals surface area contributed by atoms with Gasteiger partial charge in [-0.1, -0.05) is 31.9 Å². The summed E-state index contributed by atoms with van der Waals surface area (Å²) in [6.07, 6.45) is 0. The summed E-state index contributed by atoms with van der Waals surface area (Å²) in [5.41, 5.74) is -0.276. The molecule has 0 spiro atoms. The number of hydrogen-bond donors (Lipinski definition) is 2. The first kappa shape index (κ1) is 14.2. The number of amides is 1. The SMILES string of the molecule is CC(CBr)(CBr)NC(=O)c1ccc([N+](=O)[O-])[nH]1. The van der Waals surface area contributed by atoms with Crippen molar-refractivity contribution in [3.8, 4) is 0 Å². The molecule has 1 aromatic heterocycles. The van der Waals surface area contributed by atoms with Crippen LogP contribution in [0.2, 0.25) is 0 Å². The van der Waals surface area contributed by atoms with Gasteiger partial charge in [-0.3, -0.25) is 4.79 Å². The molecule has 0 unspecified atom stereocenters. The van der Waals surface area contributed by atoms with Crippen LogP contribution in [-0.2, 0) is 0 Å². The molecule has 0 atom stereocenters. The van der Waals surface area contributed by atoms with Crippen molar-refractivity contribution in [1.82, 2.24) is 10.3 Å². The van der Waals surface area contributed by atoms with Gasteiger partial charge in [-0.25, -0.2) is 4.98 Å². The fourth-order valence-electron chi connectivity index (χ4n) is 1.07. The lowest BCUT2D eigenvalue weighted by molar-refractivity contribution is -0.389. The number of aromatic nitrogens is 1. The third-order valence-corrected chi connectivity index (χ3v) is 4.59. The predicted octanol–water partition coefficient (Wildman–Crippen LogP) is 2.20. The first-order chi connectivity index (χ1) is 7.91. The van der Waals surface area contributed by atoms with Crippen LogP contribution in [0.3, 0.4) is 0 Å². The molecule has 8 heteroatoms. The lowest BCUT2D eigenvalue weighted by Crippen LogP contribution is -2.49. The number of halogens is 2. The van der Waals surface area contributed by atoms with Crippen LogP contribution in [0, 0.1) is 10.1 Å². The van der Waals surface area contributed by atoms with Crippen LogP contribution in [0.1, 0.15) is 17.4 Å². The van der Waals surface area contributed by atoms with Crippen LogP contribution in [0.4, 0.5) is 5.82 Å². The largest absolute Gasteiger partial charge is 0.358 e. The maximum absolute atomic E-state index is 11.8. The highest BCUT2D eigenvalue weighted by molar-refractivity contribution is 9.09. The van der Waals surface area contributed by atoms with Crippen molar-refractivity contribution < 1.29 is 9.72 Å². The van der Waals surface area contributed by atoms with Gasteiger partial charge in [-0.05, 0) is 17.9 Å². The topological polar surface area (TPSA) is 88.0 Å². The van der Waals surface area contributed by atoms with Gasteiger partial charge >= 0.3 is 5.82 Å². The molecular weight excluding hydrogens is 358 g/mol. The monoisotopic (exact) mass is 367 g/mol. The maximum atomic E-state index is 11.8. The van der Waals surface area contributed by atoms with Gasteiger partial charge in [0.1, 0.15) is 0 Å². The molecule has 1 amide bonds.